The minimum atomic E-state index is -1.98. The SMILES string of the molecule is CC/C=C\C/C=C\C/C=C\C/C=C\C/C=C\C/C=C\CCCCCCCCCCCCCCC(=O)NC(COC1OC(CO)C(OC2OC(CO)C(OC3OC(CO)C(O)C(O)C3O)C(O)C2O)C(O)C1O)C(O)/C=C/CCCCCCCCCCCCCCCCC. The molecule has 12 N–H and O–H groups in total. The topological polar surface area (TPSA) is 307 Å². The van der Waals surface area contributed by atoms with Crippen molar-refractivity contribution in [3.05, 3.63) is 85.1 Å². The Labute approximate surface area is 559 Å². The number of amides is 1. The molecule has 0 bridgehead atoms. The summed E-state index contributed by atoms with van der Waals surface area (Å²) in [6.07, 6.45) is 44.1. The van der Waals surface area contributed by atoms with E-state index in [9.17, 15) is 61.0 Å². The number of hydrogen-bond donors (Lipinski definition) is 12. The number of nitrogens with one attached hydrogen (secondary N) is 1. The van der Waals surface area contributed by atoms with Gasteiger partial charge in [0.1, 0.15) is 73.2 Å². The van der Waals surface area contributed by atoms with E-state index in [-0.39, 0.29) is 18.9 Å². The molecular weight excluding hydrogens is 1190 g/mol. The minimum Gasteiger partial charge on any atom is -0.394 e. The summed E-state index contributed by atoms with van der Waals surface area (Å²) in [7, 11) is 0. The van der Waals surface area contributed by atoms with Crippen molar-refractivity contribution in [2.75, 3.05) is 26.4 Å². The van der Waals surface area contributed by atoms with Crippen LogP contribution >= 0.6 is 0 Å². The van der Waals surface area contributed by atoms with Crippen molar-refractivity contribution in [3.63, 3.8) is 0 Å². The van der Waals surface area contributed by atoms with Gasteiger partial charge in [0.2, 0.25) is 5.91 Å². The Morgan fingerprint density at radius 3 is 1.16 bits per heavy atom. The summed E-state index contributed by atoms with van der Waals surface area (Å²) in [6, 6.07) is -0.979. The third-order valence-electron chi connectivity index (χ3n) is 17.7. The number of hydrogen-bond acceptors (Lipinski definition) is 18. The Morgan fingerprint density at radius 1 is 0.398 bits per heavy atom. The molecule has 17 unspecified atom stereocenters. The number of allylic oxidation sites excluding steroid dienone is 13. The summed E-state index contributed by atoms with van der Waals surface area (Å²) < 4.78 is 34.4. The zero-order valence-corrected chi connectivity index (χ0v) is 57.0. The van der Waals surface area contributed by atoms with Crippen LogP contribution in [0, 0.1) is 0 Å². The van der Waals surface area contributed by atoms with Gasteiger partial charge >= 0.3 is 0 Å². The lowest BCUT2D eigenvalue weighted by Crippen LogP contribution is -2.66. The fourth-order valence-corrected chi connectivity index (χ4v) is 11.8. The Hall–Kier alpha value is -3.03. The standard InChI is InChI=1S/C74H129NO18/c1-3-5-7-9-11-13-15-17-19-21-22-23-24-25-26-27-28-29-30-31-32-33-34-36-38-40-42-44-46-48-50-52-62(80)75-57(58(79)51-49-47-45-43-41-39-37-35-20-18-16-14-12-10-8-6-4-2)56-88-72-68(86)65(83)70(60(54-77)90-72)93-74-69(87)66(84)71(61(55-78)91-74)92-73-67(85)64(82)63(81)59(53-76)89-73/h5,7,11,13,17,19,22-23,25-26,28-29,49,51,57-61,63-74,76-79,81-87H,3-4,6,8-10,12,14-16,18,20-21,24,27,30-48,50,52-56H2,1-2H3,(H,75,80)/b7-5-,13-11-,19-17-,23-22-,26-25-,29-28-,51-49+. The monoisotopic (exact) mass is 1320 g/mol. The van der Waals surface area contributed by atoms with Crippen molar-refractivity contribution in [2.24, 2.45) is 0 Å². The number of unbranched alkanes of at least 4 members (excludes halogenated alkanes) is 27. The zero-order valence-electron chi connectivity index (χ0n) is 57.0. The highest BCUT2D eigenvalue weighted by molar-refractivity contribution is 5.76. The maximum atomic E-state index is 13.4. The van der Waals surface area contributed by atoms with Crippen molar-refractivity contribution in [3.8, 4) is 0 Å². The second-order valence-corrected chi connectivity index (χ2v) is 25.7. The van der Waals surface area contributed by atoms with Crippen molar-refractivity contribution < 1.29 is 89.4 Å². The molecule has 3 rings (SSSR count). The predicted molar refractivity (Wildman–Crippen MR) is 364 cm³/mol. The van der Waals surface area contributed by atoms with Gasteiger partial charge in [-0.3, -0.25) is 4.79 Å². The van der Waals surface area contributed by atoms with E-state index in [1.807, 2.05) is 6.08 Å². The van der Waals surface area contributed by atoms with E-state index in [0.717, 1.165) is 96.3 Å². The van der Waals surface area contributed by atoms with Gasteiger partial charge in [0.25, 0.3) is 0 Å². The first kappa shape index (κ1) is 84.2. The molecular formula is C74H129NO18. The Bertz CT molecular complexity index is 2010. The van der Waals surface area contributed by atoms with Crippen LogP contribution in [0.15, 0.2) is 85.1 Å². The van der Waals surface area contributed by atoms with Gasteiger partial charge in [0, 0.05) is 6.42 Å². The van der Waals surface area contributed by atoms with E-state index in [1.54, 1.807) is 6.08 Å². The smallest absolute Gasteiger partial charge is 0.220 e. The molecule has 0 aromatic carbocycles. The molecule has 19 nitrogen and oxygen atoms in total. The quantitative estimate of drug-likeness (QED) is 0.0199. The second-order valence-electron chi connectivity index (χ2n) is 25.7. The molecule has 0 radical (unpaired) electrons. The van der Waals surface area contributed by atoms with E-state index in [4.69, 9.17) is 28.4 Å². The first-order valence-electron chi connectivity index (χ1n) is 36.3. The fourth-order valence-electron chi connectivity index (χ4n) is 11.8. The van der Waals surface area contributed by atoms with E-state index < -0.39 is 124 Å². The molecule has 3 fully saturated rings. The minimum absolute atomic E-state index is 0.237. The average molecular weight is 1320 g/mol. The first-order valence-corrected chi connectivity index (χ1v) is 36.3. The molecule has 93 heavy (non-hydrogen) atoms. The highest BCUT2D eigenvalue weighted by Crippen LogP contribution is 2.33. The maximum Gasteiger partial charge on any atom is 0.220 e. The van der Waals surface area contributed by atoms with Gasteiger partial charge in [-0.1, -0.05) is 253 Å². The van der Waals surface area contributed by atoms with Gasteiger partial charge in [-0.2, -0.15) is 0 Å². The number of aliphatic hydroxyl groups is 11. The summed E-state index contributed by atoms with van der Waals surface area (Å²) in [4.78, 5) is 13.4. The molecule has 3 aliphatic rings. The van der Waals surface area contributed by atoms with Gasteiger partial charge in [-0.15, -0.1) is 0 Å². The van der Waals surface area contributed by atoms with Crippen molar-refractivity contribution in [2.45, 2.75) is 349 Å². The summed E-state index contributed by atoms with van der Waals surface area (Å²) in [5, 5.41) is 121. The van der Waals surface area contributed by atoms with Gasteiger partial charge < -0.3 is 89.9 Å². The molecule has 1 amide bonds. The van der Waals surface area contributed by atoms with Crippen LogP contribution in [0.4, 0.5) is 0 Å². The lowest BCUT2D eigenvalue weighted by Gasteiger charge is -2.48. The van der Waals surface area contributed by atoms with Crippen LogP contribution in [0.2, 0.25) is 0 Å². The zero-order chi connectivity index (χ0) is 67.5. The Morgan fingerprint density at radius 2 is 0.742 bits per heavy atom. The Kier molecular flexibility index (Phi) is 49.7. The highest BCUT2D eigenvalue weighted by atomic mass is 16.8. The number of carbonyl (C=O) groups is 1. The van der Waals surface area contributed by atoms with Crippen molar-refractivity contribution in [1.29, 1.82) is 0 Å². The molecule has 0 aliphatic carbocycles. The van der Waals surface area contributed by atoms with Crippen LogP contribution in [0.1, 0.15) is 245 Å². The number of aliphatic hydroxyl groups excluding tert-OH is 11. The molecule has 0 aromatic heterocycles. The van der Waals surface area contributed by atoms with E-state index in [0.29, 0.717) is 6.42 Å². The van der Waals surface area contributed by atoms with Gasteiger partial charge in [-0.25, -0.2) is 0 Å². The largest absolute Gasteiger partial charge is 0.394 e. The van der Waals surface area contributed by atoms with E-state index >= 15 is 0 Å². The maximum absolute atomic E-state index is 13.4. The molecule has 0 aromatic rings. The average Bonchev–Trinajstić information content (AvgIpc) is 0.900. The summed E-state index contributed by atoms with van der Waals surface area (Å²) in [5.74, 6) is -0.280. The van der Waals surface area contributed by atoms with Crippen LogP contribution in [-0.2, 0) is 33.2 Å². The molecule has 3 heterocycles. The first-order chi connectivity index (χ1) is 45.3. The number of carbonyl (C=O) groups excluding carboxylic acids is 1. The molecule has 3 aliphatic heterocycles. The molecule has 19 heteroatoms. The predicted octanol–water partition coefficient (Wildman–Crippen LogP) is 10.3. The van der Waals surface area contributed by atoms with Gasteiger partial charge in [-0.05, 0) is 70.6 Å². The highest BCUT2D eigenvalue weighted by Gasteiger charge is 2.53. The molecule has 0 spiro atoms. The van der Waals surface area contributed by atoms with Crippen LogP contribution in [0.5, 0.6) is 0 Å². The second kappa shape index (κ2) is 54.9. The molecule has 0 saturated carbocycles. The summed E-state index contributed by atoms with van der Waals surface area (Å²) in [5.41, 5.74) is 0. The Balaban J connectivity index is 1.40. The van der Waals surface area contributed by atoms with Crippen LogP contribution in [0.3, 0.4) is 0 Å². The van der Waals surface area contributed by atoms with E-state index in [1.165, 1.54) is 122 Å². The van der Waals surface area contributed by atoms with E-state index in [2.05, 4.69) is 92.1 Å². The third kappa shape index (κ3) is 36.4. The summed E-state index contributed by atoms with van der Waals surface area (Å²) in [6.45, 7) is 1.62. The lowest BCUT2D eigenvalue weighted by molar-refractivity contribution is -0.379. The summed E-state index contributed by atoms with van der Waals surface area (Å²) >= 11 is 0. The normalized spacial score (nSPS) is 28.0. The van der Waals surface area contributed by atoms with Crippen LogP contribution < -0.4 is 5.32 Å². The number of rotatable bonds is 55. The van der Waals surface area contributed by atoms with Crippen molar-refractivity contribution >= 4 is 5.91 Å². The molecule has 3 saturated heterocycles. The van der Waals surface area contributed by atoms with Crippen LogP contribution in [-0.4, -0.2) is 193 Å². The number of ether oxygens (including phenoxy) is 6. The van der Waals surface area contributed by atoms with Crippen molar-refractivity contribution in [1.82, 2.24) is 5.32 Å². The third-order valence-corrected chi connectivity index (χ3v) is 17.7. The molecule has 17 atom stereocenters. The van der Waals surface area contributed by atoms with Gasteiger partial charge in [0.15, 0.2) is 18.9 Å². The van der Waals surface area contributed by atoms with Crippen LogP contribution in [0.25, 0.3) is 0 Å². The lowest BCUT2D eigenvalue weighted by atomic mass is 9.96. The fraction of sp³-hybridized carbons (Fsp3) is 0.797. The molecule has 538 valence electrons. The van der Waals surface area contributed by atoms with Gasteiger partial charge in [0.05, 0.1) is 38.6 Å².